The van der Waals surface area contributed by atoms with E-state index >= 15 is 0 Å². The number of amides is 1. The van der Waals surface area contributed by atoms with E-state index in [0.717, 1.165) is 38.2 Å². The topological polar surface area (TPSA) is 43.8 Å². The lowest BCUT2D eigenvalue weighted by Crippen LogP contribution is -2.36. The molecule has 0 aliphatic carbocycles. The molecular formula is C15H21ClN2O2. The maximum absolute atomic E-state index is 12.3. The molecule has 4 nitrogen and oxygen atoms in total. The van der Waals surface area contributed by atoms with Gasteiger partial charge < -0.3 is 10.0 Å². The lowest BCUT2D eigenvalue weighted by atomic mass is 10.1. The van der Waals surface area contributed by atoms with Crippen molar-refractivity contribution in [3.8, 4) is 0 Å². The van der Waals surface area contributed by atoms with Crippen LogP contribution in [-0.4, -0.2) is 60.1 Å². The number of hydrogen-bond donors (Lipinski definition) is 1. The Morgan fingerprint density at radius 1 is 1.25 bits per heavy atom. The molecule has 110 valence electrons. The number of carbonyl (C=O) groups is 1. The summed E-state index contributed by atoms with van der Waals surface area (Å²) in [5.74, 6) is 0.151. The van der Waals surface area contributed by atoms with E-state index in [1.807, 2.05) is 29.2 Å². The van der Waals surface area contributed by atoms with Crippen LogP contribution in [0.1, 0.15) is 12.0 Å². The first-order valence-corrected chi connectivity index (χ1v) is 7.42. The minimum atomic E-state index is 0.151. The average Bonchev–Trinajstić information content (AvgIpc) is 2.65. The summed E-state index contributed by atoms with van der Waals surface area (Å²) in [6.45, 7) is 4.18. The lowest BCUT2D eigenvalue weighted by Gasteiger charge is -2.21. The smallest absolute Gasteiger partial charge is 0.227 e. The van der Waals surface area contributed by atoms with Crippen LogP contribution in [0.2, 0.25) is 5.02 Å². The van der Waals surface area contributed by atoms with Crippen LogP contribution in [0, 0.1) is 0 Å². The molecule has 20 heavy (non-hydrogen) atoms. The molecule has 1 amide bonds. The van der Waals surface area contributed by atoms with Gasteiger partial charge in [0.1, 0.15) is 0 Å². The zero-order valence-corrected chi connectivity index (χ0v) is 12.4. The van der Waals surface area contributed by atoms with Gasteiger partial charge in [-0.2, -0.15) is 0 Å². The summed E-state index contributed by atoms with van der Waals surface area (Å²) >= 11 is 5.94. The molecule has 0 saturated carbocycles. The Labute approximate surface area is 124 Å². The summed E-state index contributed by atoms with van der Waals surface area (Å²) in [6.07, 6.45) is 1.36. The van der Waals surface area contributed by atoms with Gasteiger partial charge >= 0.3 is 0 Å². The third-order valence-corrected chi connectivity index (χ3v) is 3.84. The number of carbonyl (C=O) groups excluding carboxylic acids is 1. The number of nitrogens with zero attached hydrogens (tertiary/aromatic N) is 2. The van der Waals surface area contributed by atoms with Crippen LogP contribution in [0.15, 0.2) is 24.3 Å². The van der Waals surface area contributed by atoms with Gasteiger partial charge in [-0.05, 0) is 30.7 Å². The molecule has 0 bridgehead atoms. The van der Waals surface area contributed by atoms with Crippen LogP contribution < -0.4 is 0 Å². The normalized spacial score (nSPS) is 17.0. The first kappa shape index (κ1) is 15.3. The summed E-state index contributed by atoms with van der Waals surface area (Å²) in [7, 11) is 0. The molecule has 0 radical (unpaired) electrons. The highest BCUT2D eigenvalue weighted by Gasteiger charge is 2.18. The van der Waals surface area contributed by atoms with Gasteiger partial charge in [0.05, 0.1) is 13.0 Å². The average molecular weight is 297 g/mol. The zero-order valence-electron chi connectivity index (χ0n) is 11.6. The van der Waals surface area contributed by atoms with Crippen molar-refractivity contribution in [1.29, 1.82) is 0 Å². The van der Waals surface area contributed by atoms with Gasteiger partial charge in [0.25, 0.3) is 0 Å². The maximum Gasteiger partial charge on any atom is 0.227 e. The first-order valence-electron chi connectivity index (χ1n) is 7.04. The van der Waals surface area contributed by atoms with Crippen molar-refractivity contribution in [2.75, 3.05) is 39.3 Å². The van der Waals surface area contributed by atoms with E-state index in [0.29, 0.717) is 18.0 Å². The van der Waals surface area contributed by atoms with Crippen molar-refractivity contribution in [2.24, 2.45) is 0 Å². The quantitative estimate of drug-likeness (QED) is 0.914. The van der Waals surface area contributed by atoms with E-state index < -0.39 is 0 Å². The monoisotopic (exact) mass is 296 g/mol. The van der Waals surface area contributed by atoms with E-state index in [4.69, 9.17) is 16.7 Å². The van der Waals surface area contributed by atoms with Crippen LogP contribution >= 0.6 is 11.6 Å². The van der Waals surface area contributed by atoms with Crippen molar-refractivity contribution in [3.63, 3.8) is 0 Å². The minimum Gasteiger partial charge on any atom is -0.395 e. The van der Waals surface area contributed by atoms with Crippen LogP contribution in [0.5, 0.6) is 0 Å². The van der Waals surface area contributed by atoms with E-state index in [1.54, 1.807) is 0 Å². The predicted molar refractivity (Wildman–Crippen MR) is 79.9 cm³/mol. The summed E-state index contributed by atoms with van der Waals surface area (Å²) in [5, 5.41) is 9.64. The number of β-amino-alcohol motifs (C(OH)–C–C–N with tert-alkyl or cyclic N) is 1. The number of hydrogen-bond acceptors (Lipinski definition) is 3. The number of rotatable bonds is 4. The molecule has 0 unspecified atom stereocenters. The predicted octanol–water partition coefficient (Wildman–Crippen LogP) is 1.41. The Kier molecular flexibility index (Phi) is 5.83. The molecule has 0 aromatic heterocycles. The standard InChI is InChI=1S/C15H21ClN2O2/c16-14-4-1-3-13(11-14)12-15(20)18-6-2-5-17(7-8-18)9-10-19/h1,3-4,11,19H,2,5-10,12H2. The second-order valence-electron chi connectivity index (χ2n) is 5.11. The van der Waals surface area contributed by atoms with Gasteiger partial charge in [-0.25, -0.2) is 0 Å². The Morgan fingerprint density at radius 3 is 2.85 bits per heavy atom. The van der Waals surface area contributed by atoms with Gasteiger partial charge in [0.15, 0.2) is 0 Å². The molecule has 1 fully saturated rings. The fraction of sp³-hybridized carbons (Fsp3) is 0.533. The second kappa shape index (κ2) is 7.62. The molecule has 5 heteroatoms. The largest absolute Gasteiger partial charge is 0.395 e. The van der Waals surface area contributed by atoms with E-state index in [9.17, 15) is 4.79 Å². The summed E-state index contributed by atoms with van der Waals surface area (Å²) in [4.78, 5) is 16.4. The van der Waals surface area contributed by atoms with Crippen LogP contribution in [0.25, 0.3) is 0 Å². The number of aliphatic hydroxyl groups excluding tert-OH is 1. The van der Waals surface area contributed by atoms with Crippen molar-refractivity contribution in [3.05, 3.63) is 34.9 Å². The molecule has 2 rings (SSSR count). The molecule has 1 saturated heterocycles. The molecule has 1 aromatic carbocycles. The maximum atomic E-state index is 12.3. The number of benzene rings is 1. The van der Waals surface area contributed by atoms with Gasteiger partial charge in [0, 0.05) is 31.2 Å². The molecule has 1 heterocycles. The van der Waals surface area contributed by atoms with Gasteiger partial charge in [-0.15, -0.1) is 0 Å². The summed E-state index contributed by atoms with van der Waals surface area (Å²) in [5.41, 5.74) is 0.957. The molecule has 1 aromatic rings. The molecule has 0 atom stereocenters. The molecule has 1 aliphatic rings. The molecule has 1 aliphatic heterocycles. The SMILES string of the molecule is O=C(Cc1cccc(Cl)c1)N1CCCN(CCO)CC1. The third kappa shape index (κ3) is 4.47. The fourth-order valence-corrected chi connectivity index (χ4v) is 2.73. The van der Waals surface area contributed by atoms with E-state index in [1.165, 1.54) is 0 Å². The van der Waals surface area contributed by atoms with E-state index in [2.05, 4.69) is 4.90 Å². The van der Waals surface area contributed by atoms with Crippen molar-refractivity contribution in [2.45, 2.75) is 12.8 Å². The number of aliphatic hydroxyl groups is 1. The van der Waals surface area contributed by atoms with Crippen molar-refractivity contribution in [1.82, 2.24) is 9.80 Å². The van der Waals surface area contributed by atoms with Crippen LogP contribution in [-0.2, 0) is 11.2 Å². The fourth-order valence-electron chi connectivity index (χ4n) is 2.52. The molecule has 0 spiro atoms. The summed E-state index contributed by atoms with van der Waals surface area (Å²) < 4.78 is 0. The minimum absolute atomic E-state index is 0.151. The molecule has 1 N–H and O–H groups in total. The second-order valence-corrected chi connectivity index (χ2v) is 5.54. The Hall–Kier alpha value is -1.10. The van der Waals surface area contributed by atoms with Gasteiger partial charge in [-0.1, -0.05) is 23.7 Å². The van der Waals surface area contributed by atoms with Gasteiger partial charge in [-0.3, -0.25) is 9.69 Å². The third-order valence-electron chi connectivity index (χ3n) is 3.60. The van der Waals surface area contributed by atoms with Crippen LogP contribution in [0.3, 0.4) is 0 Å². The lowest BCUT2D eigenvalue weighted by molar-refractivity contribution is -0.130. The first-order chi connectivity index (χ1) is 9.69. The highest BCUT2D eigenvalue weighted by Crippen LogP contribution is 2.13. The highest BCUT2D eigenvalue weighted by molar-refractivity contribution is 6.30. The van der Waals surface area contributed by atoms with E-state index in [-0.39, 0.29) is 12.5 Å². The van der Waals surface area contributed by atoms with Crippen molar-refractivity contribution < 1.29 is 9.90 Å². The zero-order chi connectivity index (χ0) is 14.4. The Morgan fingerprint density at radius 2 is 2.10 bits per heavy atom. The van der Waals surface area contributed by atoms with Crippen LogP contribution in [0.4, 0.5) is 0 Å². The number of halogens is 1. The summed E-state index contributed by atoms with van der Waals surface area (Å²) in [6, 6.07) is 7.46. The molecular weight excluding hydrogens is 276 g/mol. The Bertz CT molecular complexity index is 453. The van der Waals surface area contributed by atoms with Crippen molar-refractivity contribution >= 4 is 17.5 Å². The highest BCUT2D eigenvalue weighted by atomic mass is 35.5. The Balaban J connectivity index is 1.89. The van der Waals surface area contributed by atoms with Gasteiger partial charge in [0.2, 0.25) is 5.91 Å².